The lowest BCUT2D eigenvalue weighted by Crippen LogP contribution is -2.33. The third-order valence-electron chi connectivity index (χ3n) is 3.53. The van der Waals surface area contributed by atoms with Crippen LogP contribution in [0.1, 0.15) is 19.3 Å². The van der Waals surface area contributed by atoms with Crippen LogP contribution in [-0.4, -0.2) is 32.6 Å². The molecule has 0 aliphatic heterocycles. The van der Waals surface area contributed by atoms with E-state index in [1.807, 2.05) is 0 Å². The van der Waals surface area contributed by atoms with E-state index >= 15 is 0 Å². The number of nitrogen functional groups attached to an aromatic ring is 1. The van der Waals surface area contributed by atoms with Crippen LogP contribution in [0.5, 0.6) is 0 Å². The zero-order valence-corrected chi connectivity index (χ0v) is 12.3. The molecule has 3 N–H and O–H groups in total. The van der Waals surface area contributed by atoms with Gasteiger partial charge in [0.15, 0.2) is 0 Å². The Morgan fingerprint density at radius 1 is 1.43 bits per heavy atom. The molecule has 1 fully saturated rings. The second-order valence-corrected chi connectivity index (χ2v) is 6.65. The molecule has 116 valence electrons. The van der Waals surface area contributed by atoms with Gasteiger partial charge < -0.3 is 10.5 Å². The SMILES string of the molecule is COC1CCC(NS(=O)(=O)c2ccc([N+](=O)[O-])cc2N)C1. The number of non-ortho nitro benzene ring substituents is 1. The maximum absolute atomic E-state index is 12.3. The smallest absolute Gasteiger partial charge is 0.271 e. The predicted octanol–water partition coefficient (Wildman–Crippen LogP) is 1.02. The Morgan fingerprint density at radius 2 is 2.14 bits per heavy atom. The summed E-state index contributed by atoms with van der Waals surface area (Å²) in [6.07, 6.45) is 2.12. The Bertz CT molecular complexity index is 646. The second kappa shape index (κ2) is 5.96. The van der Waals surface area contributed by atoms with Crippen molar-refractivity contribution in [2.75, 3.05) is 12.8 Å². The second-order valence-electron chi connectivity index (χ2n) is 4.97. The quantitative estimate of drug-likeness (QED) is 0.475. The van der Waals surface area contributed by atoms with E-state index in [-0.39, 0.29) is 28.4 Å². The van der Waals surface area contributed by atoms with Crippen LogP contribution in [0.3, 0.4) is 0 Å². The van der Waals surface area contributed by atoms with Crippen LogP contribution in [0.4, 0.5) is 11.4 Å². The Balaban J connectivity index is 2.18. The minimum absolute atomic E-state index is 0.0481. The zero-order valence-electron chi connectivity index (χ0n) is 11.5. The van der Waals surface area contributed by atoms with Crippen molar-refractivity contribution < 1.29 is 18.1 Å². The fourth-order valence-electron chi connectivity index (χ4n) is 2.44. The fourth-order valence-corrected chi connectivity index (χ4v) is 3.83. The number of benzene rings is 1. The van der Waals surface area contributed by atoms with Gasteiger partial charge in [-0.2, -0.15) is 0 Å². The number of nitrogens with two attached hydrogens (primary N) is 1. The maximum atomic E-state index is 12.3. The van der Waals surface area contributed by atoms with Gasteiger partial charge >= 0.3 is 0 Å². The molecular formula is C12H17N3O5S. The highest BCUT2D eigenvalue weighted by atomic mass is 32.2. The molecule has 2 rings (SSSR count). The molecule has 0 bridgehead atoms. The number of nitrogens with one attached hydrogen (secondary N) is 1. The van der Waals surface area contributed by atoms with Gasteiger partial charge in [0.2, 0.25) is 10.0 Å². The first-order valence-electron chi connectivity index (χ1n) is 6.42. The van der Waals surface area contributed by atoms with Crippen LogP contribution in [0.25, 0.3) is 0 Å². The first kappa shape index (κ1) is 15.7. The van der Waals surface area contributed by atoms with E-state index in [1.54, 1.807) is 7.11 Å². The first-order valence-corrected chi connectivity index (χ1v) is 7.91. The lowest BCUT2D eigenvalue weighted by atomic mass is 10.3. The maximum Gasteiger partial charge on any atom is 0.271 e. The van der Waals surface area contributed by atoms with Crippen molar-refractivity contribution in [1.82, 2.24) is 4.72 Å². The van der Waals surface area contributed by atoms with Gasteiger partial charge in [-0.15, -0.1) is 0 Å². The summed E-state index contributed by atoms with van der Waals surface area (Å²) in [7, 11) is -2.21. The van der Waals surface area contributed by atoms with Crippen LogP contribution in [0.2, 0.25) is 0 Å². The third kappa shape index (κ3) is 3.49. The van der Waals surface area contributed by atoms with Gasteiger partial charge in [-0.3, -0.25) is 10.1 Å². The normalized spacial score (nSPS) is 22.3. The zero-order chi connectivity index (χ0) is 15.6. The predicted molar refractivity (Wildman–Crippen MR) is 76.3 cm³/mol. The highest BCUT2D eigenvalue weighted by molar-refractivity contribution is 7.89. The highest BCUT2D eigenvalue weighted by Crippen LogP contribution is 2.27. The van der Waals surface area contributed by atoms with Crippen molar-refractivity contribution in [3.63, 3.8) is 0 Å². The molecule has 0 radical (unpaired) electrons. The lowest BCUT2D eigenvalue weighted by Gasteiger charge is -2.14. The summed E-state index contributed by atoms with van der Waals surface area (Å²) in [6, 6.07) is 3.10. The van der Waals surface area contributed by atoms with Crippen LogP contribution in [0, 0.1) is 10.1 Å². The van der Waals surface area contributed by atoms with E-state index in [0.717, 1.165) is 24.6 Å². The molecule has 1 aliphatic carbocycles. The van der Waals surface area contributed by atoms with Gasteiger partial charge in [-0.1, -0.05) is 0 Å². The van der Waals surface area contributed by atoms with Gasteiger partial charge in [-0.05, 0) is 25.3 Å². The standard InChI is InChI=1S/C12H17N3O5S/c1-20-10-4-2-8(6-10)14-21(18,19)12-5-3-9(15(16)17)7-11(12)13/h3,5,7-8,10,14H,2,4,6,13H2,1H3. The van der Waals surface area contributed by atoms with Crippen LogP contribution >= 0.6 is 0 Å². The number of anilines is 1. The van der Waals surface area contributed by atoms with E-state index in [0.29, 0.717) is 12.8 Å². The number of nitro benzene ring substituents is 1. The molecule has 2 unspecified atom stereocenters. The minimum atomic E-state index is -3.80. The molecule has 8 nitrogen and oxygen atoms in total. The average molecular weight is 315 g/mol. The summed E-state index contributed by atoms with van der Waals surface area (Å²) in [5.74, 6) is 0. The van der Waals surface area contributed by atoms with Crippen molar-refractivity contribution in [3.05, 3.63) is 28.3 Å². The number of nitrogens with zero attached hydrogens (tertiary/aromatic N) is 1. The summed E-state index contributed by atoms with van der Waals surface area (Å²) in [5, 5.41) is 10.6. The van der Waals surface area contributed by atoms with Crippen molar-refractivity contribution in [1.29, 1.82) is 0 Å². The molecule has 9 heteroatoms. The van der Waals surface area contributed by atoms with Gasteiger partial charge in [0.1, 0.15) is 4.90 Å². The molecule has 0 saturated heterocycles. The summed E-state index contributed by atoms with van der Waals surface area (Å²) in [5.41, 5.74) is 5.24. The Labute approximate surface area is 122 Å². The van der Waals surface area contributed by atoms with Gasteiger partial charge in [-0.25, -0.2) is 13.1 Å². The molecular weight excluding hydrogens is 298 g/mol. The van der Waals surface area contributed by atoms with Crippen LogP contribution < -0.4 is 10.5 Å². The Kier molecular flexibility index (Phi) is 4.45. The molecule has 0 aromatic heterocycles. The first-order chi connectivity index (χ1) is 9.83. The molecule has 21 heavy (non-hydrogen) atoms. The Morgan fingerprint density at radius 3 is 2.67 bits per heavy atom. The molecule has 0 amide bonds. The number of hydrogen-bond donors (Lipinski definition) is 2. The molecule has 2 atom stereocenters. The molecule has 1 aromatic carbocycles. The van der Waals surface area contributed by atoms with E-state index in [9.17, 15) is 18.5 Å². The molecule has 0 heterocycles. The van der Waals surface area contributed by atoms with Crippen molar-refractivity contribution in [2.24, 2.45) is 0 Å². The van der Waals surface area contributed by atoms with E-state index < -0.39 is 14.9 Å². The van der Waals surface area contributed by atoms with Gasteiger partial charge in [0, 0.05) is 25.3 Å². The number of methoxy groups -OCH3 is 1. The number of hydrogen-bond acceptors (Lipinski definition) is 6. The molecule has 0 spiro atoms. The summed E-state index contributed by atoms with van der Waals surface area (Å²) in [4.78, 5) is 9.86. The lowest BCUT2D eigenvalue weighted by molar-refractivity contribution is -0.384. The summed E-state index contributed by atoms with van der Waals surface area (Å²) >= 11 is 0. The number of rotatable bonds is 5. The third-order valence-corrected chi connectivity index (χ3v) is 5.13. The number of ether oxygens (including phenoxy) is 1. The summed E-state index contributed by atoms with van der Waals surface area (Å²) in [6.45, 7) is 0. The molecule has 1 aliphatic rings. The van der Waals surface area contributed by atoms with Crippen molar-refractivity contribution in [3.8, 4) is 0 Å². The van der Waals surface area contributed by atoms with E-state index in [1.165, 1.54) is 0 Å². The van der Waals surface area contributed by atoms with Crippen molar-refractivity contribution >= 4 is 21.4 Å². The van der Waals surface area contributed by atoms with Crippen LogP contribution in [-0.2, 0) is 14.8 Å². The highest BCUT2D eigenvalue weighted by Gasteiger charge is 2.29. The monoisotopic (exact) mass is 315 g/mol. The largest absolute Gasteiger partial charge is 0.397 e. The molecule has 1 saturated carbocycles. The van der Waals surface area contributed by atoms with Crippen LogP contribution in [0.15, 0.2) is 23.1 Å². The minimum Gasteiger partial charge on any atom is -0.397 e. The topological polar surface area (TPSA) is 125 Å². The average Bonchev–Trinajstić information content (AvgIpc) is 2.85. The fraction of sp³-hybridized carbons (Fsp3) is 0.500. The van der Waals surface area contributed by atoms with Gasteiger partial charge in [0.05, 0.1) is 16.7 Å². The number of sulfonamides is 1. The number of nitro groups is 1. The summed E-state index contributed by atoms with van der Waals surface area (Å²) < 4.78 is 32.3. The van der Waals surface area contributed by atoms with E-state index in [2.05, 4.69) is 4.72 Å². The van der Waals surface area contributed by atoms with E-state index in [4.69, 9.17) is 10.5 Å². The van der Waals surface area contributed by atoms with Gasteiger partial charge in [0.25, 0.3) is 5.69 Å². The molecule has 1 aromatic rings. The Hall–Kier alpha value is -1.71. The van der Waals surface area contributed by atoms with Crippen molar-refractivity contribution in [2.45, 2.75) is 36.3 Å².